The molecule has 3 N–H and O–H groups in total. The van der Waals surface area contributed by atoms with Gasteiger partial charge in [0.1, 0.15) is 24.2 Å². The average molecular weight is 743 g/mol. The summed E-state index contributed by atoms with van der Waals surface area (Å²) in [4.78, 5) is 82.0. The first kappa shape index (κ1) is 40.4. The molecule has 1 aromatic carbocycles. The normalized spacial score (nSPS) is 16.1. The molecule has 0 spiro atoms. The summed E-state index contributed by atoms with van der Waals surface area (Å²) in [5, 5.41) is 20.5. The second-order valence-electron chi connectivity index (χ2n) is 10.0. The number of anilines is 1. The molecule has 2 atom stereocenters. The van der Waals surface area contributed by atoms with Crippen LogP contribution in [0.4, 0.5) is 10.8 Å². The Morgan fingerprint density at radius 1 is 1.25 bits per heavy atom. The molecule has 0 aliphatic carbocycles. The van der Waals surface area contributed by atoms with Crippen LogP contribution < -0.4 is 40.2 Å². The third-order valence-corrected chi connectivity index (χ3v) is 8.23. The fourth-order valence-corrected chi connectivity index (χ4v) is 5.54. The van der Waals surface area contributed by atoms with Gasteiger partial charge in [0, 0.05) is 23.9 Å². The van der Waals surface area contributed by atoms with Crippen LogP contribution in [0, 0.1) is 10.1 Å². The molecule has 2 unspecified atom stereocenters. The maximum Gasteiger partial charge on any atom is 1.00 e. The van der Waals surface area contributed by atoms with E-state index in [0.29, 0.717) is 5.56 Å². The summed E-state index contributed by atoms with van der Waals surface area (Å²) in [5.74, 6) is -5.12. The van der Waals surface area contributed by atoms with E-state index in [1.165, 1.54) is 43.5 Å². The molecule has 1 saturated heterocycles. The van der Waals surface area contributed by atoms with Crippen LogP contribution in [-0.2, 0) is 55.2 Å². The van der Waals surface area contributed by atoms with Gasteiger partial charge in [-0.25, -0.2) is 14.1 Å². The van der Waals surface area contributed by atoms with Crippen LogP contribution >= 0.6 is 22.9 Å². The Hall–Kier alpha value is -3.73. The van der Waals surface area contributed by atoms with Crippen molar-refractivity contribution in [3.63, 3.8) is 0 Å². The molecule has 0 radical (unpaired) electrons. The molecular weight excluding hydrogens is 715 g/mol. The number of esters is 2. The Bertz CT molecular complexity index is 1710. The van der Waals surface area contributed by atoms with E-state index < -0.39 is 74.2 Å². The van der Waals surface area contributed by atoms with Crippen LogP contribution in [0.25, 0.3) is 0 Å². The number of rotatable bonds is 15. The number of nitro groups is 1. The smallest absolute Gasteiger partial charge is 1.00 e. The van der Waals surface area contributed by atoms with Gasteiger partial charge in [-0.1, -0.05) is 5.16 Å². The number of amides is 3. The van der Waals surface area contributed by atoms with Crippen molar-refractivity contribution in [1.29, 1.82) is 0 Å². The van der Waals surface area contributed by atoms with Gasteiger partial charge in [0.05, 0.1) is 18.1 Å². The molecule has 1 aromatic heterocycles. The molecule has 256 valence electrons. The number of methoxy groups -OCH3 is 1. The molecule has 3 amide bonds. The molecule has 19 nitrogen and oxygen atoms in total. The third kappa shape index (κ3) is 10.4. The summed E-state index contributed by atoms with van der Waals surface area (Å²) >= 11 is 6.36. The number of carbonyl (C=O) groups excluding carboxylic acids is 5. The van der Waals surface area contributed by atoms with Crippen molar-refractivity contribution in [1.82, 2.24) is 14.6 Å². The first-order valence-corrected chi connectivity index (χ1v) is 16.0. The number of carbonyl (C=O) groups is 5. The van der Waals surface area contributed by atoms with E-state index in [2.05, 4.69) is 25.5 Å². The van der Waals surface area contributed by atoms with E-state index >= 15 is 0 Å². The van der Waals surface area contributed by atoms with Crippen LogP contribution in [-0.4, -0.2) is 93.2 Å². The number of alkyl halides is 1. The van der Waals surface area contributed by atoms with Gasteiger partial charge in [0.2, 0.25) is 11.5 Å². The summed E-state index contributed by atoms with van der Waals surface area (Å²) in [7, 11) is -3.97. The molecule has 2 aromatic rings. The Kier molecular flexibility index (Phi) is 14.4. The number of ether oxygens (including phenoxy) is 2. The quantitative estimate of drug-likeness (QED) is 0.0262. The van der Waals surface area contributed by atoms with E-state index in [9.17, 15) is 47.1 Å². The Morgan fingerprint density at radius 2 is 1.90 bits per heavy atom. The zero-order valence-corrected chi connectivity index (χ0v) is 30.1. The number of aromatic nitrogens is 1. The van der Waals surface area contributed by atoms with Crippen molar-refractivity contribution in [2.24, 2.45) is 5.16 Å². The first-order chi connectivity index (χ1) is 22.0. The molecular formula is C25H28ClN6NaO13S2. The number of oxime groups is 1. The van der Waals surface area contributed by atoms with Crippen LogP contribution in [0.15, 0.2) is 34.8 Å². The summed E-state index contributed by atoms with van der Waals surface area (Å²) in [6.45, 7) is 2.21. The Labute approximate surface area is 305 Å². The van der Waals surface area contributed by atoms with Gasteiger partial charge < -0.3 is 26.4 Å². The Morgan fingerprint density at radius 3 is 2.46 bits per heavy atom. The molecule has 2 heterocycles. The molecule has 48 heavy (non-hydrogen) atoms. The zero-order chi connectivity index (χ0) is 35.1. The van der Waals surface area contributed by atoms with Crippen molar-refractivity contribution in [2.75, 3.05) is 18.3 Å². The second-order valence-corrected chi connectivity index (χ2v) is 12.4. The SMILES string of the molecule is COC(=O)CCC1C(NC(=O)/C(=N\OC(C)(C)C(=O)OCc2ccc([N+](=O)[O-])cc2)c2csc(NC(=O)CCl)n2)C(=O)N1S(=O)(=O)O.[H-].[Na+]. The van der Waals surface area contributed by atoms with Crippen molar-refractivity contribution < 1.29 is 87.2 Å². The summed E-state index contributed by atoms with van der Waals surface area (Å²) < 4.78 is 42.9. The minimum atomic E-state index is -5.06. The van der Waals surface area contributed by atoms with E-state index in [4.69, 9.17) is 21.2 Å². The fourth-order valence-electron chi connectivity index (χ4n) is 3.85. The molecule has 23 heteroatoms. The maximum absolute atomic E-state index is 13.4. The minimum absolute atomic E-state index is 0. The standard InChI is InChI=1S/C25H27ClN6O13S2.Na.H/c1-25(2,23(37)44-11-13-4-6-14(7-5-13)32(38)39)45-30-19(15-12-46-24(27-15)28-17(33)10-26)21(35)29-20-16(8-9-18(34)43-3)31(22(20)36)47(40,41)42;;/h4-7,12,16,20H,8-11H2,1-3H3,(H,29,35)(H,27,28,33)(H,40,41,42);;/q;+1;-1/b30-19-;;. The van der Waals surface area contributed by atoms with Gasteiger partial charge in [-0.2, -0.15) is 8.42 Å². The molecule has 0 bridgehead atoms. The summed E-state index contributed by atoms with van der Waals surface area (Å²) in [6, 6.07) is 2.26. The van der Waals surface area contributed by atoms with Crippen LogP contribution in [0.1, 0.15) is 39.4 Å². The number of hydrogen-bond acceptors (Lipinski definition) is 15. The summed E-state index contributed by atoms with van der Waals surface area (Å²) in [5.41, 5.74) is -2.44. The van der Waals surface area contributed by atoms with Crippen LogP contribution in [0.3, 0.4) is 0 Å². The van der Waals surface area contributed by atoms with Gasteiger partial charge in [-0.3, -0.25) is 33.8 Å². The predicted molar refractivity (Wildman–Crippen MR) is 163 cm³/mol. The zero-order valence-electron chi connectivity index (χ0n) is 26.7. The molecule has 0 saturated carbocycles. The van der Waals surface area contributed by atoms with E-state index in [1.54, 1.807) is 0 Å². The second kappa shape index (κ2) is 17.1. The fraction of sp³-hybridized carbons (Fsp3) is 0.400. The third-order valence-electron chi connectivity index (χ3n) is 6.28. The topological polar surface area (TPSA) is 263 Å². The van der Waals surface area contributed by atoms with Crippen molar-refractivity contribution >= 4 is 79.4 Å². The van der Waals surface area contributed by atoms with Crippen molar-refractivity contribution in [3.8, 4) is 0 Å². The van der Waals surface area contributed by atoms with Crippen molar-refractivity contribution in [3.05, 3.63) is 51.0 Å². The molecule has 1 aliphatic heterocycles. The van der Waals surface area contributed by atoms with Crippen LogP contribution in [0.2, 0.25) is 0 Å². The number of halogens is 1. The van der Waals surface area contributed by atoms with Gasteiger partial charge >= 0.3 is 51.8 Å². The molecule has 1 aliphatic rings. The van der Waals surface area contributed by atoms with Gasteiger partial charge in [-0.05, 0) is 38.0 Å². The minimum Gasteiger partial charge on any atom is -1.00 e. The number of nitrogens with zero attached hydrogens (tertiary/aromatic N) is 4. The first-order valence-electron chi connectivity index (χ1n) is 13.1. The van der Waals surface area contributed by atoms with Crippen molar-refractivity contribution in [2.45, 2.75) is 51.0 Å². The van der Waals surface area contributed by atoms with Gasteiger partial charge in [0.15, 0.2) is 10.8 Å². The number of non-ortho nitro benzene ring substituents is 1. The van der Waals surface area contributed by atoms with Gasteiger partial charge in [-0.15, -0.1) is 22.9 Å². The van der Waals surface area contributed by atoms with Crippen LogP contribution in [0.5, 0.6) is 0 Å². The number of benzene rings is 1. The number of nitro benzene ring substituents is 1. The van der Waals surface area contributed by atoms with E-state index in [-0.39, 0.29) is 71.3 Å². The van der Waals surface area contributed by atoms with Gasteiger partial charge in [0.25, 0.3) is 17.5 Å². The number of hydrogen-bond donors (Lipinski definition) is 3. The Balaban J connectivity index is 0.00000600. The predicted octanol–water partition coefficient (Wildman–Crippen LogP) is -1.96. The monoisotopic (exact) mass is 742 g/mol. The molecule has 1 fully saturated rings. The number of thiazole rings is 1. The number of β-lactam (4-membered cyclic amide) rings is 1. The summed E-state index contributed by atoms with van der Waals surface area (Å²) in [6.07, 6.45) is -0.701. The number of nitrogens with one attached hydrogen (secondary N) is 2. The molecule has 3 rings (SSSR count). The average Bonchev–Trinajstić information content (AvgIpc) is 3.47. The maximum atomic E-state index is 13.4. The largest absolute Gasteiger partial charge is 1.00 e. The van der Waals surface area contributed by atoms with E-state index in [1.807, 2.05) is 0 Å². The van der Waals surface area contributed by atoms with E-state index in [0.717, 1.165) is 18.4 Å².